The molecule has 0 saturated carbocycles. The van der Waals surface area contributed by atoms with Crippen LogP contribution in [0.2, 0.25) is 10.0 Å². The highest BCUT2D eigenvalue weighted by Gasteiger charge is 2.31. The molecule has 0 bridgehead atoms. The van der Waals surface area contributed by atoms with Crippen LogP contribution in [0.15, 0.2) is 41.8 Å². The van der Waals surface area contributed by atoms with Gasteiger partial charge in [-0.3, -0.25) is 0 Å². The molecular formula is C18H14Cl2N2O3. The van der Waals surface area contributed by atoms with Crippen LogP contribution in [0.25, 0.3) is 0 Å². The number of allylic oxidation sites excluding steroid dienone is 1. The molecule has 2 aromatic carbocycles. The van der Waals surface area contributed by atoms with Gasteiger partial charge in [-0.15, -0.1) is 0 Å². The van der Waals surface area contributed by atoms with Crippen LogP contribution in [0.1, 0.15) is 24.0 Å². The van der Waals surface area contributed by atoms with Crippen molar-refractivity contribution in [1.29, 1.82) is 5.26 Å². The lowest BCUT2D eigenvalue weighted by Crippen LogP contribution is -2.21. The lowest BCUT2D eigenvalue weighted by atomic mass is 9.83. The summed E-state index contributed by atoms with van der Waals surface area (Å²) in [7, 11) is 0. The Bertz CT molecular complexity index is 896. The number of benzene rings is 2. The predicted molar refractivity (Wildman–Crippen MR) is 95.0 cm³/mol. The first kappa shape index (κ1) is 17.3. The molecule has 0 amide bonds. The smallest absolute Gasteiger partial charge is 0.205 e. The molecule has 1 heterocycles. The fraction of sp³-hybridized carbons (Fsp3) is 0.167. The van der Waals surface area contributed by atoms with Crippen LogP contribution in [-0.4, -0.2) is 11.7 Å². The summed E-state index contributed by atoms with van der Waals surface area (Å²) in [5.74, 6) is 0.269. The van der Waals surface area contributed by atoms with E-state index in [0.29, 0.717) is 39.3 Å². The van der Waals surface area contributed by atoms with Crippen LogP contribution in [0.4, 0.5) is 0 Å². The van der Waals surface area contributed by atoms with Crippen LogP contribution in [0, 0.1) is 11.3 Å². The zero-order valence-corrected chi connectivity index (χ0v) is 14.7. The molecule has 2 aromatic rings. The topological polar surface area (TPSA) is 88.5 Å². The van der Waals surface area contributed by atoms with Crippen molar-refractivity contribution in [1.82, 2.24) is 0 Å². The fourth-order valence-corrected chi connectivity index (χ4v) is 3.43. The Morgan fingerprint density at radius 1 is 1.28 bits per heavy atom. The zero-order valence-electron chi connectivity index (χ0n) is 13.2. The molecule has 1 atom stereocenters. The molecule has 0 fully saturated rings. The summed E-state index contributed by atoms with van der Waals surface area (Å²) in [5.41, 5.74) is 7.50. The minimum absolute atomic E-state index is 0.0215. The molecule has 0 unspecified atom stereocenters. The first-order chi connectivity index (χ1) is 12.0. The summed E-state index contributed by atoms with van der Waals surface area (Å²) in [6.45, 7) is 2.26. The van der Waals surface area contributed by atoms with Crippen molar-refractivity contribution in [2.75, 3.05) is 6.61 Å². The number of hydrogen-bond acceptors (Lipinski definition) is 5. The summed E-state index contributed by atoms with van der Waals surface area (Å²) >= 11 is 12.6. The van der Waals surface area contributed by atoms with E-state index in [1.807, 2.05) is 6.92 Å². The number of aromatic hydroxyl groups is 1. The van der Waals surface area contributed by atoms with Gasteiger partial charge >= 0.3 is 0 Å². The van der Waals surface area contributed by atoms with E-state index >= 15 is 0 Å². The van der Waals surface area contributed by atoms with Crippen LogP contribution in [0.5, 0.6) is 17.2 Å². The first-order valence-electron chi connectivity index (χ1n) is 7.48. The molecule has 0 saturated heterocycles. The summed E-state index contributed by atoms with van der Waals surface area (Å²) in [4.78, 5) is 0. The first-order valence-corrected chi connectivity index (χ1v) is 8.24. The maximum atomic E-state index is 9.68. The molecule has 1 aliphatic rings. The Hall–Kier alpha value is -2.55. The molecule has 7 heteroatoms. The summed E-state index contributed by atoms with van der Waals surface area (Å²) in [6, 6.07) is 10.1. The third-order valence-electron chi connectivity index (χ3n) is 3.85. The minimum Gasteiger partial charge on any atom is -0.508 e. The van der Waals surface area contributed by atoms with Gasteiger partial charge in [-0.1, -0.05) is 29.3 Å². The van der Waals surface area contributed by atoms with Gasteiger partial charge in [-0.25, -0.2) is 0 Å². The van der Waals surface area contributed by atoms with Gasteiger partial charge in [0, 0.05) is 11.6 Å². The molecule has 25 heavy (non-hydrogen) atoms. The van der Waals surface area contributed by atoms with E-state index in [4.69, 9.17) is 38.4 Å². The number of fused-ring (bicyclic) bond motifs is 1. The van der Waals surface area contributed by atoms with Crippen molar-refractivity contribution in [2.24, 2.45) is 5.73 Å². The van der Waals surface area contributed by atoms with E-state index in [2.05, 4.69) is 6.07 Å². The average molecular weight is 377 g/mol. The summed E-state index contributed by atoms with van der Waals surface area (Å²) < 4.78 is 10.9. The fourth-order valence-electron chi connectivity index (χ4n) is 2.82. The minimum atomic E-state index is -0.514. The lowest BCUT2D eigenvalue weighted by Gasteiger charge is -2.27. The number of nitriles is 1. The number of halogens is 2. The van der Waals surface area contributed by atoms with Crippen molar-refractivity contribution in [3.05, 3.63) is 63.0 Å². The van der Waals surface area contributed by atoms with Gasteiger partial charge in [-0.05, 0) is 30.7 Å². The molecule has 0 spiro atoms. The normalized spacial score (nSPS) is 16.0. The number of rotatable bonds is 3. The lowest BCUT2D eigenvalue weighted by molar-refractivity contribution is 0.340. The summed E-state index contributed by atoms with van der Waals surface area (Å²) in [5, 5.41) is 19.9. The molecule has 1 aliphatic heterocycles. The van der Waals surface area contributed by atoms with E-state index in [1.54, 1.807) is 18.2 Å². The van der Waals surface area contributed by atoms with Crippen LogP contribution in [0.3, 0.4) is 0 Å². The average Bonchev–Trinajstić information content (AvgIpc) is 2.56. The maximum Gasteiger partial charge on any atom is 0.205 e. The van der Waals surface area contributed by atoms with Gasteiger partial charge in [0.1, 0.15) is 23.1 Å². The molecule has 128 valence electrons. The van der Waals surface area contributed by atoms with Gasteiger partial charge in [0.25, 0.3) is 0 Å². The highest BCUT2D eigenvalue weighted by atomic mass is 35.5. The van der Waals surface area contributed by atoms with Crippen molar-refractivity contribution in [3.63, 3.8) is 0 Å². The quantitative estimate of drug-likeness (QED) is 0.832. The second kappa shape index (κ2) is 6.75. The number of phenolic OH excluding ortho intramolecular Hbond substituents is 1. The van der Waals surface area contributed by atoms with Crippen molar-refractivity contribution in [2.45, 2.75) is 12.8 Å². The van der Waals surface area contributed by atoms with Crippen molar-refractivity contribution >= 4 is 23.2 Å². The van der Waals surface area contributed by atoms with Gasteiger partial charge in [0.15, 0.2) is 5.75 Å². The summed E-state index contributed by atoms with van der Waals surface area (Å²) in [6.07, 6.45) is 0. The predicted octanol–water partition coefficient (Wildman–Crippen LogP) is 4.32. The third kappa shape index (κ3) is 3.07. The Balaban J connectivity index is 2.20. The molecule has 3 rings (SSSR count). The number of phenols is 1. The standard InChI is InChI=1S/C18H14Cl2N2O3/c1-2-24-17-13(19)5-9(6-14(17)20)16-11-4-3-10(23)7-15(11)25-18(22)12(16)8-21/h3-7,16,23H,2,22H2,1H3/t16-/m1/s1. The van der Waals surface area contributed by atoms with E-state index in [-0.39, 0.29) is 17.2 Å². The van der Waals surface area contributed by atoms with Crippen molar-refractivity contribution < 1.29 is 14.6 Å². The Morgan fingerprint density at radius 3 is 2.56 bits per heavy atom. The van der Waals surface area contributed by atoms with Gasteiger partial charge in [-0.2, -0.15) is 5.26 Å². The van der Waals surface area contributed by atoms with E-state index < -0.39 is 5.92 Å². The second-order valence-corrected chi connectivity index (χ2v) is 6.21. The van der Waals surface area contributed by atoms with Crippen LogP contribution in [-0.2, 0) is 0 Å². The van der Waals surface area contributed by atoms with Gasteiger partial charge < -0.3 is 20.3 Å². The Morgan fingerprint density at radius 2 is 1.96 bits per heavy atom. The third-order valence-corrected chi connectivity index (χ3v) is 4.41. The highest BCUT2D eigenvalue weighted by Crippen LogP contribution is 2.46. The van der Waals surface area contributed by atoms with E-state index in [9.17, 15) is 10.4 Å². The number of nitrogens with zero attached hydrogens (tertiary/aromatic N) is 1. The molecule has 5 nitrogen and oxygen atoms in total. The maximum absolute atomic E-state index is 9.68. The van der Waals surface area contributed by atoms with Gasteiger partial charge in [0.2, 0.25) is 5.88 Å². The van der Waals surface area contributed by atoms with Gasteiger partial charge in [0.05, 0.1) is 22.6 Å². The second-order valence-electron chi connectivity index (χ2n) is 5.39. The van der Waals surface area contributed by atoms with E-state index in [1.165, 1.54) is 12.1 Å². The monoisotopic (exact) mass is 376 g/mol. The molecule has 0 radical (unpaired) electrons. The SMILES string of the molecule is CCOc1c(Cl)cc([C@H]2C(C#N)=C(N)Oc3cc(O)ccc32)cc1Cl. The zero-order chi connectivity index (χ0) is 18.1. The Labute approximate surface area is 154 Å². The largest absolute Gasteiger partial charge is 0.508 e. The van der Waals surface area contributed by atoms with Crippen LogP contribution < -0.4 is 15.2 Å². The molecule has 0 aliphatic carbocycles. The number of nitrogens with two attached hydrogens (primary N) is 1. The number of ether oxygens (including phenoxy) is 2. The highest BCUT2D eigenvalue weighted by molar-refractivity contribution is 6.37. The number of hydrogen-bond donors (Lipinski definition) is 2. The molecular weight excluding hydrogens is 363 g/mol. The van der Waals surface area contributed by atoms with E-state index in [0.717, 1.165) is 0 Å². The Kier molecular flexibility index (Phi) is 4.67. The molecule has 0 aromatic heterocycles. The van der Waals surface area contributed by atoms with Crippen LogP contribution >= 0.6 is 23.2 Å². The molecule has 3 N–H and O–H groups in total. The van der Waals surface area contributed by atoms with Crippen molar-refractivity contribution in [3.8, 4) is 23.3 Å².